The van der Waals surface area contributed by atoms with Gasteiger partial charge in [-0.25, -0.2) is 0 Å². The predicted octanol–water partition coefficient (Wildman–Crippen LogP) is 1.16. The highest BCUT2D eigenvalue weighted by molar-refractivity contribution is 5.95. The molecule has 1 aliphatic carbocycles. The largest absolute Gasteiger partial charge is 0.389 e. The Labute approximate surface area is 147 Å². The molecule has 1 aromatic rings. The fraction of sp³-hybridized carbons (Fsp3) is 0.722. The molecule has 2 aliphatic heterocycles. The summed E-state index contributed by atoms with van der Waals surface area (Å²) in [5, 5.41) is 14.7. The van der Waals surface area contributed by atoms with Crippen molar-refractivity contribution in [2.45, 2.75) is 63.6 Å². The van der Waals surface area contributed by atoms with Crippen molar-refractivity contribution in [1.82, 2.24) is 19.6 Å². The lowest BCUT2D eigenvalue weighted by Gasteiger charge is -2.37. The summed E-state index contributed by atoms with van der Waals surface area (Å²) < 4.78 is 1.87. The van der Waals surface area contributed by atoms with Crippen LogP contribution in [0.2, 0.25) is 0 Å². The number of aromatic nitrogens is 2. The Morgan fingerprint density at radius 1 is 1.04 bits per heavy atom. The first-order valence-corrected chi connectivity index (χ1v) is 9.40. The van der Waals surface area contributed by atoms with Crippen molar-refractivity contribution in [3.63, 3.8) is 0 Å². The summed E-state index contributed by atoms with van der Waals surface area (Å²) >= 11 is 0. The Kier molecular flexibility index (Phi) is 4.27. The molecule has 3 heterocycles. The van der Waals surface area contributed by atoms with Gasteiger partial charge in [-0.1, -0.05) is 0 Å². The van der Waals surface area contributed by atoms with E-state index in [0.717, 1.165) is 51.0 Å². The zero-order valence-corrected chi connectivity index (χ0v) is 14.6. The quantitative estimate of drug-likeness (QED) is 0.891. The fourth-order valence-electron chi connectivity index (χ4n) is 4.08. The molecule has 25 heavy (non-hydrogen) atoms. The standard InChI is InChI=1S/C18H26N4O3/c23-16(11-18(25)5-3-6-18)21-9-4-10-22-15(13-21)14(12-19-22)17(24)20-7-1-2-8-20/h12,25H,1-11,13H2. The highest BCUT2D eigenvalue weighted by Gasteiger charge is 2.38. The maximum Gasteiger partial charge on any atom is 0.257 e. The van der Waals surface area contributed by atoms with Gasteiger partial charge in [-0.2, -0.15) is 5.10 Å². The molecule has 3 aliphatic rings. The first-order chi connectivity index (χ1) is 12.1. The van der Waals surface area contributed by atoms with E-state index in [1.165, 1.54) is 0 Å². The van der Waals surface area contributed by atoms with Crippen LogP contribution in [0.15, 0.2) is 6.20 Å². The molecule has 0 radical (unpaired) electrons. The molecular formula is C18H26N4O3. The molecule has 1 saturated heterocycles. The van der Waals surface area contributed by atoms with Crippen LogP contribution < -0.4 is 0 Å². The molecule has 0 atom stereocenters. The number of carbonyl (C=O) groups is 2. The van der Waals surface area contributed by atoms with E-state index in [2.05, 4.69) is 5.10 Å². The van der Waals surface area contributed by atoms with Gasteiger partial charge in [-0.15, -0.1) is 0 Å². The molecule has 7 nitrogen and oxygen atoms in total. The van der Waals surface area contributed by atoms with Crippen LogP contribution in [0.5, 0.6) is 0 Å². The van der Waals surface area contributed by atoms with Crippen molar-refractivity contribution >= 4 is 11.8 Å². The molecule has 2 amide bonds. The third kappa shape index (κ3) is 3.17. The summed E-state index contributed by atoms with van der Waals surface area (Å²) in [6, 6.07) is 0. The van der Waals surface area contributed by atoms with Crippen LogP contribution in [-0.4, -0.2) is 61.7 Å². The van der Waals surface area contributed by atoms with Crippen molar-refractivity contribution in [2.75, 3.05) is 19.6 Å². The molecule has 136 valence electrons. The zero-order valence-electron chi connectivity index (χ0n) is 14.6. The number of hydrogen-bond donors (Lipinski definition) is 1. The highest BCUT2D eigenvalue weighted by Crippen LogP contribution is 2.35. The molecule has 0 unspecified atom stereocenters. The summed E-state index contributed by atoms with van der Waals surface area (Å²) in [5.74, 6) is 0.0158. The van der Waals surface area contributed by atoms with Crippen molar-refractivity contribution in [2.24, 2.45) is 0 Å². The summed E-state index contributed by atoms with van der Waals surface area (Å²) in [4.78, 5) is 29.1. The van der Waals surface area contributed by atoms with Crippen LogP contribution in [-0.2, 0) is 17.9 Å². The van der Waals surface area contributed by atoms with Gasteiger partial charge in [0, 0.05) is 26.2 Å². The van der Waals surface area contributed by atoms with Gasteiger partial charge in [0.15, 0.2) is 0 Å². The van der Waals surface area contributed by atoms with Gasteiger partial charge >= 0.3 is 0 Å². The normalized spacial score (nSPS) is 22.3. The average Bonchev–Trinajstić information content (AvgIpc) is 3.18. The van der Waals surface area contributed by atoms with Gasteiger partial charge in [0.05, 0.1) is 36.0 Å². The molecular weight excluding hydrogens is 320 g/mol. The van der Waals surface area contributed by atoms with E-state index in [1.54, 1.807) is 11.1 Å². The lowest BCUT2D eigenvalue weighted by Crippen LogP contribution is -2.43. The van der Waals surface area contributed by atoms with Crippen molar-refractivity contribution < 1.29 is 14.7 Å². The zero-order chi connectivity index (χ0) is 17.4. The third-order valence-electron chi connectivity index (χ3n) is 5.83. The van der Waals surface area contributed by atoms with E-state index >= 15 is 0 Å². The number of nitrogens with zero attached hydrogens (tertiary/aromatic N) is 4. The predicted molar refractivity (Wildman–Crippen MR) is 90.8 cm³/mol. The number of likely N-dealkylation sites (tertiary alicyclic amines) is 1. The van der Waals surface area contributed by atoms with Crippen LogP contribution in [0, 0.1) is 0 Å². The van der Waals surface area contributed by atoms with Gasteiger partial charge in [-0.05, 0) is 38.5 Å². The number of rotatable bonds is 3. The second kappa shape index (κ2) is 6.44. The Bertz CT molecular complexity index is 674. The van der Waals surface area contributed by atoms with E-state index in [9.17, 15) is 14.7 Å². The molecule has 0 bridgehead atoms. The maximum atomic E-state index is 12.8. The Morgan fingerprint density at radius 2 is 1.76 bits per heavy atom. The number of aryl methyl sites for hydroxylation is 1. The summed E-state index contributed by atoms with van der Waals surface area (Å²) in [6.07, 6.45) is 7.18. The van der Waals surface area contributed by atoms with Gasteiger partial charge in [-0.3, -0.25) is 14.3 Å². The van der Waals surface area contributed by atoms with Crippen molar-refractivity contribution in [3.8, 4) is 0 Å². The van der Waals surface area contributed by atoms with Crippen LogP contribution in [0.4, 0.5) is 0 Å². The van der Waals surface area contributed by atoms with Crippen LogP contribution >= 0.6 is 0 Å². The van der Waals surface area contributed by atoms with E-state index in [1.807, 2.05) is 9.58 Å². The molecule has 1 aromatic heterocycles. The average molecular weight is 346 g/mol. The number of amides is 2. The lowest BCUT2D eigenvalue weighted by molar-refractivity contribution is -0.141. The molecule has 1 saturated carbocycles. The number of carbonyl (C=O) groups excluding carboxylic acids is 2. The molecule has 0 aromatic carbocycles. The minimum atomic E-state index is -0.808. The van der Waals surface area contributed by atoms with Crippen molar-refractivity contribution in [1.29, 1.82) is 0 Å². The molecule has 0 spiro atoms. The smallest absolute Gasteiger partial charge is 0.257 e. The topological polar surface area (TPSA) is 78.7 Å². The SMILES string of the molecule is O=C(CC1(O)CCC1)N1CCCn2ncc(C(=O)N3CCCC3)c2C1. The van der Waals surface area contributed by atoms with Crippen LogP contribution in [0.3, 0.4) is 0 Å². The Balaban J connectivity index is 1.51. The highest BCUT2D eigenvalue weighted by atomic mass is 16.3. The number of hydrogen-bond acceptors (Lipinski definition) is 4. The van der Waals surface area contributed by atoms with Gasteiger partial charge in [0.2, 0.25) is 5.91 Å². The minimum absolute atomic E-state index is 0.0172. The monoisotopic (exact) mass is 346 g/mol. The van der Waals surface area contributed by atoms with Gasteiger partial charge < -0.3 is 14.9 Å². The summed E-state index contributed by atoms with van der Waals surface area (Å²) in [6.45, 7) is 3.38. The number of aliphatic hydroxyl groups is 1. The maximum absolute atomic E-state index is 12.8. The van der Waals surface area contributed by atoms with Crippen LogP contribution in [0.25, 0.3) is 0 Å². The molecule has 2 fully saturated rings. The third-order valence-corrected chi connectivity index (χ3v) is 5.83. The van der Waals surface area contributed by atoms with E-state index in [4.69, 9.17) is 0 Å². The van der Waals surface area contributed by atoms with Gasteiger partial charge in [0.25, 0.3) is 5.91 Å². The van der Waals surface area contributed by atoms with Crippen molar-refractivity contribution in [3.05, 3.63) is 17.5 Å². The Morgan fingerprint density at radius 3 is 2.44 bits per heavy atom. The lowest BCUT2D eigenvalue weighted by atomic mass is 9.77. The first kappa shape index (κ1) is 16.6. The summed E-state index contributed by atoms with van der Waals surface area (Å²) in [7, 11) is 0. The number of fused-ring (bicyclic) bond motifs is 1. The fourth-order valence-corrected chi connectivity index (χ4v) is 4.08. The first-order valence-electron chi connectivity index (χ1n) is 9.40. The second-order valence-corrected chi connectivity index (χ2v) is 7.65. The summed E-state index contributed by atoms with van der Waals surface area (Å²) in [5.41, 5.74) is 0.657. The van der Waals surface area contributed by atoms with E-state index in [0.29, 0.717) is 31.5 Å². The minimum Gasteiger partial charge on any atom is -0.389 e. The molecule has 1 N–H and O–H groups in total. The van der Waals surface area contributed by atoms with Gasteiger partial charge in [0.1, 0.15) is 0 Å². The van der Waals surface area contributed by atoms with E-state index < -0.39 is 5.60 Å². The Hall–Kier alpha value is -1.89. The molecule has 7 heteroatoms. The van der Waals surface area contributed by atoms with E-state index in [-0.39, 0.29) is 18.2 Å². The molecule has 4 rings (SSSR count). The second-order valence-electron chi connectivity index (χ2n) is 7.65. The van der Waals surface area contributed by atoms with Crippen LogP contribution in [0.1, 0.15) is 61.0 Å².